The number of amides is 1. The molecule has 2 atom stereocenters. The number of nitrogens with zero attached hydrogens (tertiary/aromatic N) is 4. The number of benzene rings is 1. The highest BCUT2D eigenvalue weighted by atomic mass is 16.1. The molecule has 3 rings (SSSR count). The van der Waals surface area contributed by atoms with Crippen molar-refractivity contribution >= 4 is 5.91 Å². The Morgan fingerprint density at radius 3 is 2.67 bits per heavy atom. The second-order valence-electron chi connectivity index (χ2n) is 7.75. The Balaban J connectivity index is 1.64. The Bertz CT molecular complexity index is 754. The maximum absolute atomic E-state index is 11.7. The minimum absolute atomic E-state index is 0.0422. The van der Waals surface area contributed by atoms with Crippen LogP contribution in [0.1, 0.15) is 40.4 Å². The van der Waals surface area contributed by atoms with Gasteiger partial charge in [0.2, 0.25) is 0 Å². The van der Waals surface area contributed by atoms with Crippen LogP contribution in [0, 0.1) is 5.92 Å². The van der Waals surface area contributed by atoms with E-state index in [9.17, 15) is 4.79 Å². The summed E-state index contributed by atoms with van der Waals surface area (Å²) >= 11 is 0. The summed E-state index contributed by atoms with van der Waals surface area (Å²) in [7, 11) is 8.04. The Kier molecular flexibility index (Phi) is 6.29. The molecule has 1 fully saturated rings. The van der Waals surface area contributed by atoms with Crippen LogP contribution >= 0.6 is 0 Å². The molecule has 0 saturated carbocycles. The number of carbonyl (C=O) groups excluding carboxylic acids is 1. The van der Waals surface area contributed by atoms with Gasteiger partial charge in [-0.25, -0.2) is 0 Å². The second kappa shape index (κ2) is 8.67. The standard InChI is InChI=1S/C21H31N5O/c1-22-21(27)17-9-7-16(8-10-17)13-24(2)14-18-6-5-11-25(3)20(18)19-12-23-26(4)15-19/h7-10,12,15,18,20H,5-6,11,13-14H2,1-4H3,(H,22,27)/t18-,20+/m0/s1. The summed E-state index contributed by atoms with van der Waals surface area (Å²) in [6.07, 6.45) is 6.64. The molecule has 1 aliphatic rings. The lowest BCUT2D eigenvalue weighted by Crippen LogP contribution is -2.40. The van der Waals surface area contributed by atoms with Crippen molar-refractivity contribution in [3.05, 3.63) is 53.3 Å². The number of aromatic nitrogens is 2. The number of rotatable bonds is 6. The maximum Gasteiger partial charge on any atom is 0.251 e. The van der Waals surface area contributed by atoms with Crippen molar-refractivity contribution in [1.82, 2.24) is 24.9 Å². The predicted octanol–water partition coefficient (Wildman–Crippen LogP) is 2.29. The van der Waals surface area contributed by atoms with Crippen molar-refractivity contribution in [3.8, 4) is 0 Å². The number of aryl methyl sites for hydroxylation is 1. The number of hydrogen-bond donors (Lipinski definition) is 1. The molecule has 2 aromatic rings. The average Bonchev–Trinajstić information content (AvgIpc) is 3.07. The zero-order chi connectivity index (χ0) is 19.4. The Morgan fingerprint density at radius 2 is 2.04 bits per heavy atom. The average molecular weight is 370 g/mol. The first-order valence-corrected chi connectivity index (χ1v) is 9.66. The van der Waals surface area contributed by atoms with Gasteiger partial charge in [-0.05, 0) is 57.1 Å². The molecular weight excluding hydrogens is 338 g/mol. The summed E-state index contributed by atoms with van der Waals surface area (Å²) in [6, 6.07) is 8.31. The topological polar surface area (TPSA) is 53.4 Å². The molecule has 27 heavy (non-hydrogen) atoms. The van der Waals surface area contributed by atoms with E-state index < -0.39 is 0 Å². The third-order valence-corrected chi connectivity index (χ3v) is 5.52. The first-order chi connectivity index (χ1) is 13.0. The van der Waals surface area contributed by atoms with E-state index in [0.717, 1.165) is 19.6 Å². The molecule has 0 aliphatic carbocycles. The van der Waals surface area contributed by atoms with Crippen LogP contribution in [0.4, 0.5) is 0 Å². The van der Waals surface area contributed by atoms with Crippen LogP contribution in [0.25, 0.3) is 0 Å². The molecule has 1 N–H and O–H groups in total. The largest absolute Gasteiger partial charge is 0.355 e. The van der Waals surface area contributed by atoms with Gasteiger partial charge in [0.25, 0.3) is 5.91 Å². The number of likely N-dealkylation sites (tertiary alicyclic amines) is 1. The van der Waals surface area contributed by atoms with Crippen LogP contribution < -0.4 is 5.32 Å². The quantitative estimate of drug-likeness (QED) is 0.849. The fraction of sp³-hybridized carbons (Fsp3) is 0.524. The summed E-state index contributed by atoms with van der Waals surface area (Å²) in [5, 5.41) is 7.04. The van der Waals surface area contributed by atoms with E-state index in [4.69, 9.17) is 0 Å². The van der Waals surface area contributed by atoms with Gasteiger partial charge in [0.15, 0.2) is 0 Å². The molecule has 0 radical (unpaired) electrons. The van der Waals surface area contributed by atoms with E-state index in [1.807, 2.05) is 42.2 Å². The lowest BCUT2D eigenvalue weighted by molar-refractivity contribution is 0.0925. The Hall–Kier alpha value is -2.18. The van der Waals surface area contributed by atoms with Crippen molar-refractivity contribution < 1.29 is 4.79 Å². The highest BCUT2D eigenvalue weighted by Crippen LogP contribution is 2.35. The normalized spacial score (nSPS) is 20.8. The van der Waals surface area contributed by atoms with E-state index in [0.29, 0.717) is 17.5 Å². The van der Waals surface area contributed by atoms with Crippen LogP contribution in [-0.4, -0.2) is 59.7 Å². The smallest absolute Gasteiger partial charge is 0.251 e. The SMILES string of the molecule is CNC(=O)c1ccc(CN(C)C[C@@H]2CCCN(C)[C@H]2c2cnn(C)c2)cc1. The third-order valence-electron chi connectivity index (χ3n) is 5.52. The van der Waals surface area contributed by atoms with Crippen LogP contribution in [0.5, 0.6) is 0 Å². The van der Waals surface area contributed by atoms with Crippen LogP contribution in [0.3, 0.4) is 0 Å². The molecule has 1 saturated heterocycles. The van der Waals surface area contributed by atoms with Gasteiger partial charge in [0, 0.05) is 50.6 Å². The van der Waals surface area contributed by atoms with E-state index in [1.165, 1.54) is 24.0 Å². The number of hydrogen-bond acceptors (Lipinski definition) is 4. The van der Waals surface area contributed by atoms with Crippen molar-refractivity contribution in [2.75, 3.05) is 34.2 Å². The van der Waals surface area contributed by atoms with Crippen molar-refractivity contribution in [3.63, 3.8) is 0 Å². The molecule has 6 heteroatoms. The van der Waals surface area contributed by atoms with Crippen molar-refractivity contribution in [2.24, 2.45) is 13.0 Å². The molecule has 0 bridgehead atoms. The van der Waals surface area contributed by atoms with Crippen molar-refractivity contribution in [1.29, 1.82) is 0 Å². The molecule has 2 heterocycles. The first-order valence-electron chi connectivity index (χ1n) is 9.66. The highest BCUT2D eigenvalue weighted by molar-refractivity contribution is 5.93. The summed E-state index contributed by atoms with van der Waals surface area (Å²) in [6.45, 7) is 3.07. The molecule has 6 nitrogen and oxygen atoms in total. The van der Waals surface area contributed by atoms with Gasteiger partial charge in [0.05, 0.1) is 6.20 Å². The van der Waals surface area contributed by atoms with E-state index in [2.05, 4.69) is 40.5 Å². The van der Waals surface area contributed by atoms with Gasteiger partial charge in [-0.15, -0.1) is 0 Å². The maximum atomic E-state index is 11.7. The summed E-state index contributed by atoms with van der Waals surface area (Å²) in [4.78, 5) is 16.5. The molecule has 1 aromatic heterocycles. The van der Waals surface area contributed by atoms with Gasteiger partial charge in [-0.3, -0.25) is 14.4 Å². The van der Waals surface area contributed by atoms with E-state index in [-0.39, 0.29) is 5.91 Å². The van der Waals surface area contributed by atoms with Crippen LogP contribution in [-0.2, 0) is 13.6 Å². The molecule has 1 aromatic carbocycles. The van der Waals surface area contributed by atoms with Gasteiger partial charge in [-0.1, -0.05) is 12.1 Å². The van der Waals surface area contributed by atoms with Gasteiger partial charge in [-0.2, -0.15) is 5.10 Å². The van der Waals surface area contributed by atoms with Crippen LogP contribution in [0.15, 0.2) is 36.7 Å². The first kappa shape index (κ1) is 19.6. The molecule has 0 unspecified atom stereocenters. The van der Waals surface area contributed by atoms with Gasteiger partial charge in [0.1, 0.15) is 0 Å². The minimum atomic E-state index is -0.0422. The zero-order valence-corrected chi connectivity index (χ0v) is 16.9. The zero-order valence-electron chi connectivity index (χ0n) is 16.9. The number of carbonyl (C=O) groups is 1. The molecule has 146 valence electrons. The van der Waals surface area contributed by atoms with Crippen molar-refractivity contribution in [2.45, 2.75) is 25.4 Å². The number of nitrogens with one attached hydrogen (secondary N) is 1. The summed E-state index contributed by atoms with van der Waals surface area (Å²) < 4.78 is 1.90. The minimum Gasteiger partial charge on any atom is -0.355 e. The number of piperidine rings is 1. The van der Waals surface area contributed by atoms with E-state index >= 15 is 0 Å². The monoisotopic (exact) mass is 369 g/mol. The fourth-order valence-electron chi connectivity index (χ4n) is 4.25. The molecule has 1 amide bonds. The lowest BCUT2D eigenvalue weighted by atomic mass is 9.85. The lowest BCUT2D eigenvalue weighted by Gasteiger charge is -2.40. The summed E-state index contributed by atoms with van der Waals surface area (Å²) in [5.41, 5.74) is 3.25. The van der Waals surface area contributed by atoms with E-state index in [1.54, 1.807) is 7.05 Å². The van der Waals surface area contributed by atoms with Crippen LogP contribution in [0.2, 0.25) is 0 Å². The molecular formula is C21H31N5O. The Morgan fingerprint density at radius 1 is 1.30 bits per heavy atom. The molecule has 1 aliphatic heterocycles. The highest BCUT2D eigenvalue weighted by Gasteiger charge is 2.32. The molecule has 0 spiro atoms. The van der Waals surface area contributed by atoms with Gasteiger partial charge < -0.3 is 10.2 Å². The Labute approximate surface area is 162 Å². The summed E-state index contributed by atoms with van der Waals surface area (Å²) in [5.74, 6) is 0.544. The second-order valence-corrected chi connectivity index (χ2v) is 7.75. The van der Waals surface area contributed by atoms with Gasteiger partial charge >= 0.3 is 0 Å². The third kappa shape index (κ3) is 4.76. The fourth-order valence-corrected chi connectivity index (χ4v) is 4.25. The predicted molar refractivity (Wildman–Crippen MR) is 107 cm³/mol.